The Morgan fingerprint density at radius 2 is 0.721 bits per heavy atom. The summed E-state index contributed by atoms with van der Waals surface area (Å²) in [6, 6.07) is -1.19. The Morgan fingerprint density at radius 1 is 0.407 bits per heavy atom. The van der Waals surface area contributed by atoms with Crippen molar-refractivity contribution in [3.05, 3.63) is 36.5 Å². The van der Waals surface area contributed by atoms with Crippen molar-refractivity contribution in [2.75, 3.05) is 13.2 Å². The van der Waals surface area contributed by atoms with Crippen molar-refractivity contribution in [3.8, 4) is 0 Å². The van der Waals surface area contributed by atoms with Crippen LogP contribution in [0.3, 0.4) is 0 Å². The summed E-state index contributed by atoms with van der Waals surface area (Å²) >= 11 is 0. The zero-order valence-corrected chi connectivity index (χ0v) is 56.3. The van der Waals surface area contributed by atoms with Crippen LogP contribution in [0.4, 0.5) is 0 Å². The molecular weight excluding hydrogens is 1070 g/mol. The molecule has 0 aromatic rings. The van der Waals surface area contributed by atoms with E-state index in [-0.39, 0.29) is 12.8 Å². The van der Waals surface area contributed by atoms with Crippen LogP contribution >= 0.6 is 0 Å². The largest absolute Gasteiger partial charge is 0.394 e. The highest BCUT2D eigenvalue weighted by Gasteiger charge is 2.44. The minimum atomic E-state index is -1.67. The van der Waals surface area contributed by atoms with E-state index in [9.17, 15) is 40.5 Å². The molecule has 1 rings (SSSR count). The van der Waals surface area contributed by atoms with E-state index in [1.807, 2.05) is 0 Å². The minimum Gasteiger partial charge on any atom is -0.394 e. The second-order valence-electron chi connectivity index (χ2n) is 26.4. The summed E-state index contributed by atoms with van der Waals surface area (Å²) in [5.74, 6) is -0.701. The smallest absolute Gasteiger partial charge is 0.249 e. The lowest BCUT2D eigenvalue weighted by Gasteiger charge is -2.40. The molecule has 0 bridgehead atoms. The Bertz CT molecular complexity index is 1490. The standard InChI is InChI=1S/C75H143NO10/c1-3-5-7-9-11-13-15-17-19-21-23-25-26-27-28-29-30-31-32-33-34-35-36-37-38-39-40-41-43-45-47-49-51-53-55-57-59-61-63-68(79)74(84)76-66(65-85-75-73(83)72(82)71(81)69(64-77)86-75)70(80)67(78)62-60-58-56-54-52-50-48-46-44-42-24-22-20-18-16-14-12-10-8-6-4-2/h30-31,33-34,54,56,66-73,75,77-83H,3-29,32,35-53,55,57-65H2,1-2H3,(H,76,84)/b31-30-,34-33-,56-54+. The van der Waals surface area contributed by atoms with Crippen molar-refractivity contribution in [2.24, 2.45) is 0 Å². The van der Waals surface area contributed by atoms with E-state index in [2.05, 4.69) is 55.6 Å². The average molecular weight is 1220 g/mol. The molecule has 86 heavy (non-hydrogen) atoms. The van der Waals surface area contributed by atoms with Crippen molar-refractivity contribution >= 4 is 5.91 Å². The van der Waals surface area contributed by atoms with Crippen LogP contribution in [-0.4, -0.2) is 110 Å². The van der Waals surface area contributed by atoms with Gasteiger partial charge in [-0.3, -0.25) is 4.79 Å². The minimum absolute atomic E-state index is 0.256. The molecule has 9 unspecified atom stereocenters. The molecule has 1 aliphatic heterocycles. The molecule has 11 nitrogen and oxygen atoms in total. The van der Waals surface area contributed by atoms with Crippen LogP contribution in [-0.2, 0) is 14.3 Å². The van der Waals surface area contributed by atoms with Crippen molar-refractivity contribution < 1.29 is 50.0 Å². The third-order valence-corrected chi connectivity index (χ3v) is 18.2. The zero-order valence-electron chi connectivity index (χ0n) is 56.3. The number of carbonyl (C=O) groups excluding carboxylic acids is 1. The Kier molecular flexibility index (Phi) is 60.8. The molecule has 0 aromatic carbocycles. The quantitative estimate of drug-likeness (QED) is 0.0215. The molecule has 1 aliphatic rings. The second kappa shape index (κ2) is 63.5. The lowest BCUT2D eigenvalue weighted by atomic mass is 9.98. The molecule has 0 aliphatic carbocycles. The Balaban J connectivity index is 2.14. The molecule has 0 saturated carbocycles. The molecule has 508 valence electrons. The first-order valence-corrected chi connectivity index (χ1v) is 37.4. The predicted molar refractivity (Wildman–Crippen MR) is 362 cm³/mol. The number of hydrogen-bond acceptors (Lipinski definition) is 10. The maximum Gasteiger partial charge on any atom is 0.249 e. The fourth-order valence-corrected chi connectivity index (χ4v) is 12.2. The molecule has 1 amide bonds. The SMILES string of the molecule is CCCCCCCCCCCCCCCCC/C=C\C/C=C\CCCCCCCCCCCCCCCCCCC(O)C(=O)NC(COC1OC(CO)C(O)C(O)C1O)C(O)C(O)CCC/C=C/CCCCCCCCCCCCCCCCCC. The normalized spacial score (nSPS) is 18.9. The second-order valence-corrected chi connectivity index (χ2v) is 26.4. The number of amides is 1. The van der Waals surface area contributed by atoms with Crippen molar-refractivity contribution in [3.63, 3.8) is 0 Å². The van der Waals surface area contributed by atoms with E-state index in [0.717, 1.165) is 44.9 Å². The van der Waals surface area contributed by atoms with Gasteiger partial charge in [-0.15, -0.1) is 0 Å². The van der Waals surface area contributed by atoms with Crippen LogP contribution in [0, 0.1) is 0 Å². The highest BCUT2D eigenvalue weighted by Crippen LogP contribution is 2.24. The van der Waals surface area contributed by atoms with Gasteiger partial charge in [0.25, 0.3) is 0 Å². The van der Waals surface area contributed by atoms with Gasteiger partial charge in [-0.25, -0.2) is 0 Å². The molecule has 11 heteroatoms. The predicted octanol–water partition coefficient (Wildman–Crippen LogP) is 18.5. The number of nitrogens with one attached hydrogen (secondary N) is 1. The lowest BCUT2D eigenvalue weighted by molar-refractivity contribution is -0.303. The number of ether oxygens (including phenoxy) is 2. The number of hydrogen-bond donors (Lipinski definition) is 8. The molecule has 0 radical (unpaired) electrons. The fourth-order valence-electron chi connectivity index (χ4n) is 12.2. The maximum absolute atomic E-state index is 13.3. The average Bonchev–Trinajstić information content (AvgIpc) is 2.54. The summed E-state index contributed by atoms with van der Waals surface area (Å²) in [7, 11) is 0. The van der Waals surface area contributed by atoms with E-state index in [0.29, 0.717) is 12.8 Å². The van der Waals surface area contributed by atoms with Crippen LogP contribution < -0.4 is 5.32 Å². The molecule has 1 fully saturated rings. The molecule has 8 N–H and O–H groups in total. The number of aliphatic hydroxyl groups is 7. The topological polar surface area (TPSA) is 189 Å². The van der Waals surface area contributed by atoms with Gasteiger partial charge in [-0.05, 0) is 70.6 Å². The molecule has 0 spiro atoms. The highest BCUT2D eigenvalue weighted by atomic mass is 16.7. The van der Waals surface area contributed by atoms with Crippen LogP contribution in [0.25, 0.3) is 0 Å². The van der Waals surface area contributed by atoms with E-state index < -0.39 is 74.2 Å². The third-order valence-electron chi connectivity index (χ3n) is 18.2. The van der Waals surface area contributed by atoms with Gasteiger partial charge in [0, 0.05) is 0 Å². The van der Waals surface area contributed by atoms with E-state index in [4.69, 9.17) is 9.47 Å². The van der Waals surface area contributed by atoms with Crippen molar-refractivity contribution in [1.82, 2.24) is 5.32 Å². The van der Waals surface area contributed by atoms with Crippen LogP contribution in [0.15, 0.2) is 36.5 Å². The van der Waals surface area contributed by atoms with E-state index in [1.165, 1.54) is 283 Å². The fraction of sp³-hybridized carbons (Fsp3) is 0.907. The summed E-state index contributed by atoms with van der Waals surface area (Å²) in [6.45, 7) is 3.50. The van der Waals surface area contributed by atoms with Gasteiger partial charge in [0.05, 0.1) is 25.4 Å². The number of carbonyl (C=O) groups is 1. The first-order valence-electron chi connectivity index (χ1n) is 37.4. The highest BCUT2D eigenvalue weighted by molar-refractivity contribution is 5.80. The van der Waals surface area contributed by atoms with Gasteiger partial charge >= 0.3 is 0 Å². The summed E-state index contributed by atoms with van der Waals surface area (Å²) in [6.07, 6.45) is 71.1. The van der Waals surface area contributed by atoms with Crippen LogP contribution in [0.2, 0.25) is 0 Å². The Hall–Kier alpha value is -1.67. The van der Waals surface area contributed by atoms with Crippen molar-refractivity contribution in [1.29, 1.82) is 0 Å². The monoisotopic (exact) mass is 1220 g/mol. The first-order chi connectivity index (χ1) is 42.2. The number of unbranched alkanes of at least 4 members (excludes halogenated alkanes) is 48. The number of aliphatic hydroxyl groups excluding tert-OH is 7. The molecule has 1 heterocycles. The van der Waals surface area contributed by atoms with Gasteiger partial charge in [-0.2, -0.15) is 0 Å². The van der Waals surface area contributed by atoms with Gasteiger partial charge in [0.1, 0.15) is 36.6 Å². The van der Waals surface area contributed by atoms with Crippen molar-refractivity contribution in [2.45, 2.75) is 422 Å². The lowest BCUT2D eigenvalue weighted by Crippen LogP contribution is -2.60. The van der Waals surface area contributed by atoms with Gasteiger partial charge < -0.3 is 50.5 Å². The Morgan fingerprint density at radius 3 is 1.07 bits per heavy atom. The van der Waals surface area contributed by atoms with Gasteiger partial charge in [0.15, 0.2) is 6.29 Å². The summed E-state index contributed by atoms with van der Waals surface area (Å²) in [5.41, 5.74) is 0. The van der Waals surface area contributed by atoms with Crippen LogP contribution in [0.1, 0.15) is 367 Å². The van der Waals surface area contributed by atoms with E-state index >= 15 is 0 Å². The summed E-state index contributed by atoms with van der Waals surface area (Å²) in [4.78, 5) is 13.3. The number of rotatable bonds is 66. The maximum atomic E-state index is 13.3. The summed E-state index contributed by atoms with van der Waals surface area (Å²) < 4.78 is 11.2. The molecular formula is C75H143NO10. The first kappa shape index (κ1) is 82.3. The molecule has 9 atom stereocenters. The van der Waals surface area contributed by atoms with E-state index in [1.54, 1.807) is 0 Å². The molecule has 1 saturated heterocycles. The molecule has 0 aromatic heterocycles. The third kappa shape index (κ3) is 50.0. The van der Waals surface area contributed by atoms with Gasteiger partial charge in [0.2, 0.25) is 5.91 Å². The Labute approximate surface area is 530 Å². The summed E-state index contributed by atoms with van der Waals surface area (Å²) in [5, 5.41) is 76.5. The van der Waals surface area contributed by atoms with Gasteiger partial charge in [-0.1, -0.05) is 333 Å². The number of allylic oxidation sites excluding steroid dienone is 6. The van der Waals surface area contributed by atoms with Crippen LogP contribution in [0.5, 0.6) is 0 Å². The zero-order chi connectivity index (χ0) is 62.4.